The Hall–Kier alpha value is 12.9. The van der Waals surface area contributed by atoms with Crippen molar-refractivity contribution in [3.8, 4) is 0 Å². The van der Waals surface area contributed by atoms with Crippen LogP contribution in [0.2, 0.25) is 0 Å². The van der Waals surface area contributed by atoms with E-state index in [4.69, 9.17) is 64.6 Å². The molecule has 0 heterocycles. The Kier molecular flexibility index (Phi) is 101. The van der Waals surface area contributed by atoms with Crippen LogP contribution in [-0.2, 0) is 130 Å². The first-order chi connectivity index (χ1) is 12.0. The molecule has 36 heavy (non-hydrogen) atoms. The van der Waals surface area contributed by atoms with E-state index in [0.717, 1.165) is 0 Å². The number of hydrogen-bond donors (Lipinski definition) is 0. The van der Waals surface area contributed by atoms with Gasteiger partial charge >= 0.3 is 519 Å². The summed E-state index contributed by atoms with van der Waals surface area (Å²) < 4.78 is 161. The maximum absolute atomic E-state index is 8.96. The van der Waals surface area contributed by atoms with Crippen molar-refractivity contribution in [2.24, 2.45) is 0 Å². The first kappa shape index (κ1) is 82.4. The Labute approximate surface area is 500 Å². The zero-order chi connectivity index (χ0) is 27.0. The molecule has 0 aromatic heterocycles. The molecule has 0 aliphatic heterocycles. The molecule has 198 valence electrons. The van der Waals surface area contributed by atoms with Crippen LogP contribution >= 0.6 is 57.2 Å². The van der Waals surface area contributed by atoms with Crippen LogP contribution in [-0.4, -0.2) is 0 Å². The van der Waals surface area contributed by atoms with Gasteiger partial charge in [0.2, 0.25) is 0 Å². The fourth-order valence-electron chi connectivity index (χ4n) is 0. The molecule has 0 saturated carbocycles. The third-order valence-electron chi connectivity index (χ3n) is 0. The van der Waals surface area contributed by atoms with Gasteiger partial charge in [-0.2, -0.15) is 0 Å². The van der Waals surface area contributed by atoms with E-state index in [1.807, 2.05) is 0 Å². The Balaban J connectivity index is -0.0000000186. The van der Waals surface area contributed by atoms with Gasteiger partial charge in [0.05, 0.1) is 0 Å². The van der Waals surface area contributed by atoms with Crippen molar-refractivity contribution in [3.05, 3.63) is 0 Å². The fraction of sp³-hybridized carbons (Fsp3) is 0. The van der Waals surface area contributed by atoms with Gasteiger partial charge < -0.3 is 0 Å². The predicted molar refractivity (Wildman–Crippen MR) is 43.4 cm³/mol. The van der Waals surface area contributed by atoms with Gasteiger partial charge in [-0.15, -0.1) is 0 Å². The molecular formula is Cl6K6O18Re6. The second kappa shape index (κ2) is 44.1. The number of rotatable bonds is 0. The van der Waals surface area contributed by atoms with Crippen molar-refractivity contribution < 1.29 is 462 Å². The standard InChI is InChI=1S/6ClH.6K.18O.6Re/h6*1H;;;;;;;;;;;;;;;;;;;;;;;;;;;;;;/q;;;;;;6*+1;;;;;;;;;;;;;6*-1;6*+1/p-6. The van der Waals surface area contributed by atoms with Crippen LogP contribution in [0.3, 0.4) is 0 Å². The van der Waals surface area contributed by atoms with Crippen molar-refractivity contribution in [1.82, 2.24) is 0 Å². The summed E-state index contributed by atoms with van der Waals surface area (Å²) in [5, 5.41) is 0. The van der Waals surface area contributed by atoms with Crippen molar-refractivity contribution in [2.45, 2.75) is 0 Å². The van der Waals surface area contributed by atoms with Crippen LogP contribution in [0.5, 0.6) is 0 Å². The van der Waals surface area contributed by atoms with Gasteiger partial charge in [0.15, 0.2) is 0 Å². The number of hydrogen-bond acceptors (Lipinski definition) is 18. The van der Waals surface area contributed by atoms with E-state index in [-0.39, 0.29) is 308 Å². The topological polar surface area (TPSA) is 343 Å². The van der Waals surface area contributed by atoms with E-state index in [1.165, 1.54) is 0 Å². The normalized spacial score (nSPS) is 9.67. The van der Waals surface area contributed by atoms with E-state index >= 15 is 0 Å². The van der Waals surface area contributed by atoms with Gasteiger partial charge in [-0.25, -0.2) is 0 Å². The SMILES string of the molecule is [K+].[K+].[K+].[K+].[K+].[K+].[O]=[Re](=[O])([O-])[Cl].[O]=[Re](=[O])([O-])[Cl].[O]=[Re](=[O])([O-])[Cl].[O]=[Re](=[O])([O-])[Cl].[O]=[Re](=[O])([O-])[Cl].[O]=[Re](=[O])([O-])[Cl]. The molecule has 36 heteroatoms. The van der Waals surface area contributed by atoms with Gasteiger partial charge in [0.1, 0.15) is 0 Å². The summed E-state index contributed by atoms with van der Waals surface area (Å²) in [6.07, 6.45) is 0. The summed E-state index contributed by atoms with van der Waals surface area (Å²) in [6.45, 7) is 0. The molecule has 0 aliphatic rings. The molecule has 0 bridgehead atoms. The third kappa shape index (κ3) is 594. The quantitative estimate of drug-likeness (QED) is 0.203. The summed E-state index contributed by atoms with van der Waals surface area (Å²) in [5.41, 5.74) is 0. The fourth-order valence-corrected chi connectivity index (χ4v) is 0. The minimum atomic E-state index is -5.39. The van der Waals surface area contributed by atoms with E-state index in [0.29, 0.717) is 0 Å². The van der Waals surface area contributed by atoms with E-state index < -0.39 is 88.8 Å². The summed E-state index contributed by atoms with van der Waals surface area (Å²) >= 11 is -32.3. The summed E-state index contributed by atoms with van der Waals surface area (Å²) in [7, 11) is 24.4. The Morgan fingerprint density at radius 3 is 0.250 bits per heavy atom. The van der Waals surface area contributed by atoms with Crippen molar-refractivity contribution in [1.29, 1.82) is 0 Å². The van der Waals surface area contributed by atoms with Crippen LogP contribution < -0.4 is 331 Å². The molecule has 0 fully saturated rings. The molecule has 0 atom stereocenters. The van der Waals surface area contributed by atoms with Crippen LogP contribution in [0.15, 0.2) is 0 Å². The van der Waals surface area contributed by atoms with Gasteiger partial charge in [0.25, 0.3) is 0 Å². The molecule has 0 rings (SSSR count). The van der Waals surface area contributed by atoms with Crippen molar-refractivity contribution >= 4 is 57.2 Å². The molecule has 18 nitrogen and oxygen atoms in total. The van der Waals surface area contributed by atoms with E-state index in [9.17, 15) is 0 Å². The van der Waals surface area contributed by atoms with Crippen LogP contribution in [0, 0.1) is 0 Å². The Morgan fingerprint density at radius 2 is 0.250 bits per heavy atom. The second-order valence-corrected chi connectivity index (χ2v) is 35.1. The molecule has 0 N–H and O–H groups in total. The monoisotopic (exact) mass is 1850 g/mol. The summed E-state index contributed by atoms with van der Waals surface area (Å²) in [6, 6.07) is 0. The molecule has 0 saturated heterocycles. The molecule has 0 aromatic rings. The van der Waals surface area contributed by atoms with Gasteiger partial charge in [0, 0.05) is 0 Å². The molecule has 0 aliphatic carbocycles. The van der Waals surface area contributed by atoms with Crippen LogP contribution in [0.25, 0.3) is 0 Å². The molecule has 0 unspecified atom stereocenters. The summed E-state index contributed by atoms with van der Waals surface area (Å²) in [4.78, 5) is 0. The van der Waals surface area contributed by atoms with Crippen LogP contribution in [0.1, 0.15) is 0 Å². The minimum absolute atomic E-state index is 0. The van der Waals surface area contributed by atoms with E-state index in [1.54, 1.807) is 0 Å². The average molecular weight is 1850 g/mol. The van der Waals surface area contributed by atoms with Crippen molar-refractivity contribution in [3.63, 3.8) is 0 Å². The average Bonchev–Trinajstić information content (AvgIpc) is 1.94. The molecule has 0 spiro atoms. The van der Waals surface area contributed by atoms with Gasteiger partial charge in [-0.3, -0.25) is 0 Å². The van der Waals surface area contributed by atoms with Gasteiger partial charge in [-0.05, 0) is 0 Å². The van der Waals surface area contributed by atoms with E-state index in [2.05, 4.69) is 57.2 Å². The van der Waals surface area contributed by atoms with Gasteiger partial charge in [-0.1, -0.05) is 0 Å². The second-order valence-electron chi connectivity index (χ2n) is 2.18. The maximum atomic E-state index is 8.96. The Bertz CT molecular complexity index is 796. The first-order valence-electron chi connectivity index (χ1n) is 3.63. The molecule has 0 radical (unpaired) electrons. The Morgan fingerprint density at radius 1 is 0.250 bits per heavy atom. The first-order valence-corrected chi connectivity index (χ1v) is 43.8. The third-order valence-corrected chi connectivity index (χ3v) is 0. The molecule has 0 amide bonds. The van der Waals surface area contributed by atoms with Crippen molar-refractivity contribution in [2.75, 3.05) is 0 Å². The zero-order valence-electron chi connectivity index (χ0n) is 17.9. The molecule has 0 aromatic carbocycles. The summed E-state index contributed by atoms with van der Waals surface area (Å²) in [5.74, 6) is 0. The molecular weight excluding hydrogens is 1850 g/mol. The predicted octanol–water partition coefficient (Wildman–Crippen LogP) is -22.4. The number of halogens is 6. The zero-order valence-corrected chi connectivity index (χ0v) is 57.5. The van der Waals surface area contributed by atoms with Crippen LogP contribution in [0.4, 0.5) is 0 Å².